The van der Waals surface area contributed by atoms with Crippen LogP contribution in [0.1, 0.15) is 4.88 Å². The Morgan fingerprint density at radius 3 is 2.67 bits per heavy atom. The van der Waals surface area contributed by atoms with E-state index in [-0.39, 0.29) is 6.61 Å². The highest BCUT2D eigenvalue weighted by atomic mass is 32.1. The molecular formula is C6H7BF3OS-. The summed E-state index contributed by atoms with van der Waals surface area (Å²) in [6.07, 6.45) is 0. The van der Waals surface area contributed by atoms with E-state index in [2.05, 4.69) is 4.74 Å². The predicted molar refractivity (Wildman–Crippen MR) is 43.1 cm³/mol. The zero-order valence-corrected chi connectivity index (χ0v) is 6.99. The number of thiophene rings is 1. The maximum absolute atomic E-state index is 11.6. The van der Waals surface area contributed by atoms with Crippen LogP contribution in [0.15, 0.2) is 17.5 Å². The molecule has 12 heavy (non-hydrogen) atoms. The molecule has 1 aromatic heterocycles. The van der Waals surface area contributed by atoms with Gasteiger partial charge < -0.3 is 17.7 Å². The first kappa shape index (κ1) is 9.60. The van der Waals surface area contributed by atoms with Crippen LogP contribution in [0.25, 0.3) is 0 Å². The quantitative estimate of drug-likeness (QED) is 0.671. The van der Waals surface area contributed by atoms with Gasteiger partial charge in [0.25, 0.3) is 0 Å². The van der Waals surface area contributed by atoms with Gasteiger partial charge in [-0.2, -0.15) is 0 Å². The molecule has 0 aromatic carbocycles. The second-order valence-corrected chi connectivity index (χ2v) is 3.34. The molecule has 0 atom stereocenters. The molecule has 0 amide bonds. The molecule has 1 heterocycles. The topological polar surface area (TPSA) is 9.23 Å². The van der Waals surface area contributed by atoms with Crippen molar-refractivity contribution in [3.8, 4) is 0 Å². The lowest BCUT2D eigenvalue weighted by Crippen LogP contribution is -2.23. The minimum Gasteiger partial charge on any atom is -0.447 e. The molecule has 1 aromatic rings. The molecule has 0 fully saturated rings. The van der Waals surface area contributed by atoms with E-state index in [4.69, 9.17) is 0 Å². The molecule has 0 aliphatic rings. The second-order valence-electron chi connectivity index (χ2n) is 2.30. The molecule has 0 unspecified atom stereocenters. The zero-order chi connectivity index (χ0) is 9.03. The minimum atomic E-state index is -4.80. The Labute approximate surface area is 72.2 Å². The first-order chi connectivity index (χ1) is 5.58. The lowest BCUT2D eigenvalue weighted by Gasteiger charge is -2.12. The summed E-state index contributed by atoms with van der Waals surface area (Å²) >= 11 is 1.39. The van der Waals surface area contributed by atoms with Crippen LogP contribution in [0.4, 0.5) is 12.9 Å². The van der Waals surface area contributed by atoms with Crippen LogP contribution in [-0.4, -0.2) is 13.5 Å². The van der Waals surface area contributed by atoms with Gasteiger partial charge in [-0.25, -0.2) is 0 Å². The summed E-state index contributed by atoms with van der Waals surface area (Å²) < 4.78 is 39.3. The van der Waals surface area contributed by atoms with E-state index < -0.39 is 13.5 Å². The van der Waals surface area contributed by atoms with Crippen LogP contribution < -0.4 is 0 Å². The van der Waals surface area contributed by atoms with E-state index in [1.165, 1.54) is 11.3 Å². The standard InChI is InChI=1S/C6H7BF3OS/c8-7(9,10)5-11-4-6-2-1-3-12-6/h1-3H,4-5H2/q-1. The van der Waals surface area contributed by atoms with Gasteiger partial charge in [-0.1, -0.05) is 6.07 Å². The van der Waals surface area contributed by atoms with Gasteiger partial charge in [0.05, 0.1) is 6.61 Å². The summed E-state index contributed by atoms with van der Waals surface area (Å²) in [5.74, 6) is 0. The van der Waals surface area contributed by atoms with Gasteiger partial charge in [-0.15, -0.1) is 11.3 Å². The smallest absolute Gasteiger partial charge is 0.447 e. The maximum Gasteiger partial charge on any atom is 0.503 e. The van der Waals surface area contributed by atoms with Gasteiger partial charge in [-0.3, -0.25) is 0 Å². The van der Waals surface area contributed by atoms with Gasteiger partial charge in [0.1, 0.15) is 0 Å². The van der Waals surface area contributed by atoms with E-state index in [9.17, 15) is 12.9 Å². The van der Waals surface area contributed by atoms with Crippen molar-refractivity contribution in [3.05, 3.63) is 22.4 Å². The van der Waals surface area contributed by atoms with Crippen molar-refractivity contribution in [2.45, 2.75) is 6.61 Å². The Morgan fingerprint density at radius 1 is 1.42 bits per heavy atom. The molecule has 1 nitrogen and oxygen atoms in total. The molecule has 0 aliphatic carbocycles. The lowest BCUT2D eigenvalue weighted by molar-refractivity contribution is 0.140. The summed E-state index contributed by atoms with van der Waals surface area (Å²) in [7, 11) is 0. The number of rotatable bonds is 4. The van der Waals surface area contributed by atoms with Crippen LogP contribution in [-0.2, 0) is 11.3 Å². The molecule has 6 heteroatoms. The van der Waals surface area contributed by atoms with E-state index in [1.807, 2.05) is 0 Å². The van der Waals surface area contributed by atoms with Crippen molar-refractivity contribution < 1.29 is 17.7 Å². The third kappa shape index (κ3) is 3.78. The first-order valence-electron chi connectivity index (χ1n) is 3.39. The average Bonchev–Trinajstić information content (AvgIpc) is 2.36. The van der Waals surface area contributed by atoms with Gasteiger partial charge in [0.2, 0.25) is 0 Å². The Bertz CT molecular complexity index is 221. The van der Waals surface area contributed by atoms with Crippen LogP contribution >= 0.6 is 11.3 Å². The van der Waals surface area contributed by atoms with Gasteiger partial charge in [-0.05, 0) is 11.4 Å². The molecule has 0 saturated heterocycles. The maximum atomic E-state index is 11.6. The van der Waals surface area contributed by atoms with Crippen LogP contribution in [0.3, 0.4) is 0 Å². The molecule has 68 valence electrons. The van der Waals surface area contributed by atoms with Gasteiger partial charge in [0.15, 0.2) is 0 Å². The third-order valence-electron chi connectivity index (χ3n) is 1.13. The highest BCUT2D eigenvalue weighted by Crippen LogP contribution is 2.13. The molecule has 0 saturated carbocycles. The molecule has 0 radical (unpaired) electrons. The predicted octanol–water partition coefficient (Wildman–Crippen LogP) is 2.65. The SMILES string of the molecule is F[B-](F)(F)COCc1cccs1. The summed E-state index contributed by atoms with van der Waals surface area (Å²) in [5, 5.41) is 1.80. The zero-order valence-electron chi connectivity index (χ0n) is 6.17. The fraction of sp³-hybridized carbons (Fsp3) is 0.333. The van der Waals surface area contributed by atoms with Crippen molar-refractivity contribution in [1.29, 1.82) is 0 Å². The number of halogens is 3. The fourth-order valence-electron chi connectivity index (χ4n) is 0.688. The van der Waals surface area contributed by atoms with Gasteiger partial charge >= 0.3 is 6.98 Å². The summed E-state index contributed by atoms with van der Waals surface area (Å²) in [5.41, 5.74) is 0. The van der Waals surface area contributed by atoms with E-state index in [0.717, 1.165) is 4.88 Å². The lowest BCUT2D eigenvalue weighted by atomic mass is 9.95. The van der Waals surface area contributed by atoms with Crippen molar-refractivity contribution in [3.63, 3.8) is 0 Å². The van der Waals surface area contributed by atoms with Crippen LogP contribution in [0, 0.1) is 0 Å². The first-order valence-corrected chi connectivity index (χ1v) is 4.27. The summed E-state index contributed by atoms with van der Waals surface area (Å²) in [6, 6.07) is 3.52. The monoisotopic (exact) mass is 195 g/mol. The number of hydrogen-bond donors (Lipinski definition) is 0. The Balaban J connectivity index is 2.20. The molecule has 1 rings (SSSR count). The number of ether oxygens (including phenoxy) is 1. The van der Waals surface area contributed by atoms with Crippen LogP contribution in [0.2, 0.25) is 0 Å². The van der Waals surface area contributed by atoms with Crippen LogP contribution in [0.5, 0.6) is 0 Å². The molecular weight excluding hydrogens is 188 g/mol. The Morgan fingerprint density at radius 2 is 2.17 bits per heavy atom. The van der Waals surface area contributed by atoms with Crippen molar-refractivity contribution in [2.24, 2.45) is 0 Å². The Kier molecular flexibility index (Phi) is 3.16. The minimum absolute atomic E-state index is 0.0545. The van der Waals surface area contributed by atoms with Gasteiger partial charge in [0, 0.05) is 11.4 Å². The molecule has 0 aliphatic heterocycles. The highest BCUT2D eigenvalue weighted by Gasteiger charge is 2.22. The molecule has 0 bridgehead atoms. The fourth-order valence-corrected chi connectivity index (χ4v) is 1.33. The normalized spacial score (nSPS) is 11.9. The average molecular weight is 195 g/mol. The third-order valence-corrected chi connectivity index (χ3v) is 1.98. The second kappa shape index (κ2) is 3.95. The molecule has 0 spiro atoms. The van der Waals surface area contributed by atoms with E-state index in [0.29, 0.717) is 0 Å². The summed E-state index contributed by atoms with van der Waals surface area (Å²) in [4.78, 5) is 0.815. The van der Waals surface area contributed by atoms with Crippen molar-refractivity contribution in [1.82, 2.24) is 0 Å². The number of hydrogen-bond acceptors (Lipinski definition) is 2. The molecule has 0 N–H and O–H groups in total. The van der Waals surface area contributed by atoms with Crippen molar-refractivity contribution in [2.75, 3.05) is 6.51 Å². The van der Waals surface area contributed by atoms with E-state index in [1.54, 1.807) is 17.5 Å². The van der Waals surface area contributed by atoms with Crippen molar-refractivity contribution >= 4 is 18.3 Å². The Hall–Kier alpha value is -0.485. The van der Waals surface area contributed by atoms with E-state index >= 15 is 0 Å². The summed E-state index contributed by atoms with van der Waals surface area (Å²) in [6.45, 7) is -5.86. The highest BCUT2D eigenvalue weighted by molar-refractivity contribution is 7.09. The largest absolute Gasteiger partial charge is 0.503 e.